The van der Waals surface area contributed by atoms with Crippen LogP contribution in [-0.4, -0.2) is 44.0 Å². The molecule has 3 aromatic rings. The molecule has 2 amide bonds. The number of carbonyl (C=O) groups is 2. The van der Waals surface area contributed by atoms with Crippen molar-refractivity contribution < 1.29 is 19.1 Å². The van der Waals surface area contributed by atoms with Gasteiger partial charge in [0.25, 0.3) is 5.91 Å². The zero-order valence-electron chi connectivity index (χ0n) is 17.7. The molecule has 0 aliphatic carbocycles. The highest BCUT2D eigenvalue weighted by Crippen LogP contribution is 2.27. The van der Waals surface area contributed by atoms with E-state index in [2.05, 4.69) is 27.3 Å². The predicted octanol–water partition coefficient (Wildman–Crippen LogP) is 4.21. The Bertz CT molecular complexity index is 1070. The molecule has 0 unspecified atom stereocenters. The Morgan fingerprint density at radius 3 is 2.44 bits per heavy atom. The van der Waals surface area contributed by atoms with Crippen molar-refractivity contribution in [1.82, 2.24) is 10.3 Å². The third-order valence-electron chi connectivity index (χ3n) is 4.52. The van der Waals surface area contributed by atoms with E-state index < -0.39 is 6.09 Å². The summed E-state index contributed by atoms with van der Waals surface area (Å²) in [6.07, 6.45) is -0.530. The number of amides is 2. The number of ether oxygens (including phenoxy) is 2. The van der Waals surface area contributed by atoms with Gasteiger partial charge in [0.2, 0.25) is 0 Å². The zero-order chi connectivity index (χ0) is 22.8. The summed E-state index contributed by atoms with van der Waals surface area (Å²) in [6, 6.07) is 20.1. The second kappa shape index (κ2) is 11.4. The van der Waals surface area contributed by atoms with Crippen molar-refractivity contribution in [2.75, 3.05) is 25.6 Å². The van der Waals surface area contributed by atoms with Gasteiger partial charge >= 0.3 is 6.09 Å². The summed E-state index contributed by atoms with van der Waals surface area (Å²) in [6.45, 7) is 4.35. The van der Waals surface area contributed by atoms with Crippen LogP contribution in [0, 0.1) is 0 Å². The predicted molar refractivity (Wildman–Crippen MR) is 123 cm³/mol. The normalized spacial score (nSPS) is 10.3. The smallest absolute Gasteiger partial charge is 0.407 e. The first kappa shape index (κ1) is 22.6. The van der Waals surface area contributed by atoms with E-state index in [-0.39, 0.29) is 19.1 Å². The average Bonchev–Trinajstić information content (AvgIpc) is 2.83. The summed E-state index contributed by atoms with van der Waals surface area (Å²) in [5.41, 5.74) is 3.38. The van der Waals surface area contributed by atoms with Gasteiger partial charge in [0.1, 0.15) is 12.3 Å². The van der Waals surface area contributed by atoms with E-state index in [1.807, 2.05) is 36.4 Å². The first-order chi connectivity index (χ1) is 15.6. The molecule has 3 rings (SSSR count). The van der Waals surface area contributed by atoms with E-state index in [1.54, 1.807) is 30.3 Å². The summed E-state index contributed by atoms with van der Waals surface area (Å²) >= 11 is 0. The van der Waals surface area contributed by atoms with Crippen LogP contribution < -0.4 is 10.6 Å². The highest BCUT2D eigenvalue weighted by Gasteiger charge is 2.12. The van der Waals surface area contributed by atoms with Crippen molar-refractivity contribution in [3.05, 3.63) is 77.9 Å². The van der Waals surface area contributed by atoms with Gasteiger partial charge in [-0.25, -0.2) is 9.78 Å². The second-order valence-corrected chi connectivity index (χ2v) is 6.72. The van der Waals surface area contributed by atoms with Crippen LogP contribution in [0.2, 0.25) is 0 Å². The molecule has 0 radical (unpaired) electrons. The molecule has 0 aliphatic rings. The van der Waals surface area contributed by atoms with E-state index in [0.717, 1.165) is 11.1 Å². The monoisotopic (exact) mass is 432 g/mol. The molecule has 8 nitrogen and oxygen atoms in total. The fourth-order valence-electron chi connectivity index (χ4n) is 2.84. The number of benzene rings is 2. The van der Waals surface area contributed by atoms with Crippen molar-refractivity contribution >= 4 is 30.2 Å². The Labute approximate surface area is 186 Å². The van der Waals surface area contributed by atoms with Crippen molar-refractivity contribution in [3.63, 3.8) is 0 Å². The molecule has 0 saturated carbocycles. The molecule has 1 aromatic heterocycles. The van der Waals surface area contributed by atoms with Crippen molar-refractivity contribution in [2.45, 2.75) is 6.54 Å². The third-order valence-corrected chi connectivity index (χ3v) is 4.52. The summed E-state index contributed by atoms with van der Waals surface area (Å²) in [5.74, 6) is 0.00185. The Hall–Kier alpha value is -4.04. The molecule has 0 spiro atoms. The molecule has 2 aromatic carbocycles. The molecule has 0 aliphatic heterocycles. The van der Waals surface area contributed by atoms with Gasteiger partial charge in [0.05, 0.1) is 12.3 Å². The molecule has 2 N–H and O–H groups in total. The fraction of sp³-hybridized carbons (Fsp3) is 0.167. The highest BCUT2D eigenvalue weighted by molar-refractivity contribution is 6.05. The van der Waals surface area contributed by atoms with Crippen LogP contribution in [0.3, 0.4) is 0 Å². The number of aromatic nitrogens is 1. The minimum Gasteiger partial charge on any atom is -0.447 e. The summed E-state index contributed by atoms with van der Waals surface area (Å²) < 4.78 is 9.76. The van der Waals surface area contributed by atoms with Crippen LogP contribution in [0.5, 0.6) is 0 Å². The topological polar surface area (TPSA) is 102 Å². The SMILES string of the molecule is C=Nc1ccc(-c2ccccc2)nc1NC(=O)c1ccc(CNC(=O)OCCOC)cc1. The number of hydrogen-bond acceptors (Lipinski definition) is 6. The Balaban J connectivity index is 1.64. The Kier molecular flexibility index (Phi) is 8.05. The van der Waals surface area contributed by atoms with Gasteiger partial charge in [-0.05, 0) is 36.5 Å². The number of pyridine rings is 1. The number of nitrogens with one attached hydrogen (secondary N) is 2. The number of nitrogens with zero attached hydrogens (tertiary/aromatic N) is 2. The third kappa shape index (κ3) is 6.23. The van der Waals surface area contributed by atoms with Crippen LogP contribution in [0.1, 0.15) is 15.9 Å². The summed E-state index contributed by atoms with van der Waals surface area (Å²) in [7, 11) is 1.53. The quantitative estimate of drug-likeness (QED) is 0.390. The van der Waals surface area contributed by atoms with Crippen molar-refractivity contribution in [1.29, 1.82) is 0 Å². The van der Waals surface area contributed by atoms with Crippen LogP contribution in [0.4, 0.5) is 16.3 Å². The van der Waals surface area contributed by atoms with Gasteiger partial charge in [0.15, 0.2) is 5.82 Å². The minimum atomic E-state index is -0.530. The lowest BCUT2D eigenvalue weighted by Gasteiger charge is -2.10. The number of methoxy groups -OCH3 is 1. The first-order valence-corrected chi connectivity index (χ1v) is 9.93. The molecule has 0 saturated heterocycles. The summed E-state index contributed by atoms with van der Waals surface area (Å²) in [4.78, 5) is 32.8. The Morgan fingerprint density at radius 1 is 1.00 bits per heavy atom. The van der Waals surface area contributed by atoms with Crippen LogP contribution in [-0.2, 0) is 16.0 Å². The number of aliphatic imine (C=N–C) groups is 1. The zero-order valence-corrected chi connectivity index (χ0v) is 17.7. The lowest BCUT2D eigenvalue weighted by atomic mass is 10.1. The van der Waals surface area contributed by atoms with E-state index in [0.29, 0.717) is 29.4 Å². The van der Waals surface area contributed by atoms with E-state index in [9.17, 15) is 9.59 Å². The van der Waals surface area contributed by atoms with Gasteiger partial charge in [0, 0.05) is 24.8 Å². The van der Waals surface area contributed by atoms with Crippen LogP contribution in [0.15, 0.2) is 71.7 Å². The molecule has 0 atom stereocenters. The number of anilines is 1. The van der Waals surface area contributed by atoms with Crippen molar-refractivity contribution in [3.8, 4) is 11.3 Å². The van der Waals surface area contributed by atoms with Gasteiger partial charge in [-0.1, -0.05) is 42.5 Å². The fourth-order valence-corrected chi connectivity index (χ4v) is 2.84. The Morgan fingerprint density at radius 2 is 1.75 bits per heavy atom. The van der Waals surface area contributed by atoms with Crippen LogP contribution >= 0.6 is 0 Å². The first-order valence-electron chi connectivity index (χ1n) is 9.93. The molecule has 164 valence electrons. The highest BCUT2D eigenvalue weighted by atomic mass is 16.6. The van der Waals surface area contributed by atoms with Gasteiger partial charge in [-0.2, -0.15) is 0 Å². The number of alkyl carbamates (subject to hydrolysis) is 1. The minimum absolute atomic E-state index is 0.183. The van der Waals surface area contributed by atoms with Gasteiger partial charge < -0.3 is 20.1 Å². The number of rotatable bonds is 9. The van der Waals surface area contributed by atoms with Gasteiger partial charge in [-0.3, -0.25) is 9.79 Å². The maximum absolute atomic E-state index is 12.7. The largest absolute Gasteiger partial charge is 0.447 e. The standard InChI is InChI=1S/C24H24N4O4/c1-25-21-13-12-20(18-6-4-3-5-7-18)27-22(21)28-23(29)19-10-8-17(9-11-19)16-26-24(30)32-15-14-31-2/h3-13H,1,14-16H2,2H3,(H,26,30)(H,27,28,29). The molecule has 32 heavy (non-hydrogen) atoms. The maximum atomic E-state index is 12.7. The molecular formula is C24H24N4O4. The maximum Gasteiger partial charge on any atom is 0.407 e. The molecule has 8 heteroatoms. The molecule has 0 fully saturated rings. The average molecular weight is 432 g/mol. The lowest BCUT2D eigenvalue weighted by Crippen LogP contribution is -2.25. The second-order valence-electron chi connectivity index (χ2n) is 6.72. The van der Waals surface area contributed by atoms with Gasteiger partial charge in [-0.15, -0.1) is 0 Å². The van der Waals surface area contributed by atoms with Crippen LogP contribution in [0.25, 0.3) is 11.3 Å². The van der Waals surface area contributed by atoms with Crippen molar-refractivity contribution in [2.24, 2.45) is 4.99 Å². The molecular weight excluding hydrogens is 408 g/mol. The summed E-state index contributed by atoms with van der Waals surface area (Å²) in [5, 5.41) is 5.44. The number of hydrogen-bond donors (Lipinski definition) is 2. The van der Waals surface area contributed by atoms with E-state index in [1.165, 1.54) is 7.11 Å². The molecule has 1 heterocycles. The number of carbonyl (C=O) groups excluding carboxylic acids is 2. The lowest BCUT2D eigenvalue weighted by molar-refractivity contribution is 0.0982. The molecule has 0 bridgehead atoms. The van der Waals surface area contributed by atoms with E-state index >= 15 is 0 Å². The van der Waals surface area contributed by atoms with E-state index in [4.69, 9.17) is 9.47 Å².